The third-order valence-corrected chi connectivity index (χ3v) is 6.83. The van der Waals surface area contributed by atoms with E-state index in [1.54, 1.807) is 0 Å². The van der Waals surface area contributed by atoms with Crippen molar-refractivity contribution in [3.05, 3.63) is 118 Å². The number of rotatable bonds is 10. The Balaban J connectivity index is 1.61. The molecule has 0 fully saturated rings. The summed E-state index contributed by atoms with van der Waals surface area (Å²) in [4.78, 5) is 14.2. The fraction of sp³-hybridized carbons (Fsp3) is 0.226. The minimum Gasteiger partial charge on any atom is -0.308 e. The highest BCUT2D eigenvalue weighted by molar-refractivity contribution is 5.84. The molecule has 5 aromatic rings. The number of nitrogens with one attached hydrogen (secondary N) is 2. The van der Waals surface area contributed by atoms with Crippen LogP contribution >= 0.6 is 0 Å². The molecule has 7 heteroatoms. The van der Waals surface area contributed by atoms with Gasteiger partial charge in [0.15, 0.2) is 5.82 Å². The fourth-order valence-corrected chi connectivity index (χ4v) is 4.88. The number of para-hydroxylation sites is 1. The number of aryl methyl sites for hydroxylation is 2. The van der Waals surface area contributed by atoms with Crippen molar-refractivity contribution in [3.63, 3.8) is 0 Å². The van der Waals surface area contributed by atoms with Gasteiger partial charge < -0.3 is 5.32 Å². The summed E-state index contributed by atoms with van der Waals surface area (Å²) >= 11 is 0. The molecule has 5 rings (SSSR count). The lowest BCUT2D eigenvalue weighted by Gasteiger charge is -2.20. The van der Waals surface area contributed by atoms with Crippen molar-refractivity contribution in [1.29, 1.82) is 0 Å². The van der Waals surface area contributed by atoms with E-state index < -0.39 is 0 Å². The van der Waals surface area contributed by atoms with Crippen LogP contribution in [0, 0.1) is 6.92 Å². The molecule has 38 heavy (non-hydrogen) atoms. The lowest BCUT2D eigenvalue weighted by Crippen LogP contribution is -2.30. The predicted octanol–water partition coefficient (Wildman–Crippen LogP) is 5.63. The van der Waals surface area contributed by atoms with Crippen molar-refractivity contribution in [2.24, 2.45) is 0 Å². The number of aromatic nitrogens is 5. The van der Waals surface area contributed by atoms with E-state index in [4.69, 9.17) is 0 Å². The standard InChI is InChI=1S/C31H32N6O/c1-3-4-14-24-19-22(2)28(21-32-20-23-12-6-5-7-13-23)31(38)37(24)29-18-11-10-16-26(29)25-15-8-9-17-27(25)30-33-35-36-34-30/h5-13,15-19,32H,3-4,14,20-21H2,1-2H3,(H,33,34,35,36). The van der Waals surface area contributed by atoms with Gasteiger partial charge in [0.1, 0.15) is 0 Å². The van der Waals surface area contributed by atoms with E-state index in [2.05, 4.69) is 57.1 Å². The molecule has 2 heterocycles. The van der Waals surface area contributed by atoms with Crippen LogP contribution in [0.2, 0.25) is 0 Å². The van der Waals surface area contributed by atoms with Crippen LogP contribution in [-0.2, 0) is 19.5 Å². The first-order valence-corrected chi connectivity index (χ1v) is 13.1. The minimum absolute atomic E-state index is 0.0166. The number of H-pyrrole nitrogens is 1. The summed E-state index contributed by atoms with van der Waals surface area (Å²) in [7, 11) is 0. The van der Waals surface area contributed by atoms with Crippen LogP contribution in [0.25, 0.3) is 28.2 Å². The molecule has 7 nitrogen and oxygen atoms in total. The van der Waals surface area contributed by atoms with Crippen molar-refractivity contribution in [1.82, 2.24) is 30.5 Å². The van der Waals surface area contributed by atoms with E-state index in [1.807, 2.05) is 72.2 Å². The SMILES string of the molecule is CCCCc1cc(C)c(CNCc2ccccc2)c(=O)n1-c1ccccc1-c1ccccc1-c1nnn[nH]1. The second-order valence-corrected chi connectivity index (χ2v) is 9.44. The van der Waals surface area contributed by atoms with Gasteiger partial charge in [0.25, 0.3) is 5.56 Å². The molecule has 0 atom stereocenters. The first-order chi connectivity index (χ1) is 18.7. The molecule has 0 spiro atoms. The molecule has 2 aromatic heterocycles. The van der Waals surface area contributed by atoms with Crippen LogP contribution in [0.3, 0.4) is 0 Å². The zero-order valence-corrected chi connectivity index (χ0v) is 21.8. The number of hydrogen-bond donors (Lipinski definition) is 2. The van der Waals surface area contributed by atoms with Gasteiger partial charge in [-0.3, -0.25) is 9.36 Å². The van der Waals surface area contributed by atoms with E-state index in [-0.39, 0.29) is 5.56 Å². The van der Waals surface area contributed by atoms with Crippen molar-refractivity contribution < 1.29 is 0 Å². The van der Waals surface area contributed by atoms with Crippen molar-refractivity contribution >= 4 is 0 Å². The summed E-state index contributed by atoms with van der Waals surface area (Å²) in [6.07, 6.45) is 2.88. The smallest absolute Gasteiger partial charge is 0.260 e. The van der Waals surface area contributed by atoms with Crippen molar-refractivity contribution in [2.45, 2.75) is 46.2 Å². The van der Waals surface area contributed by atoms with Gasteiger partial charge in [-0.05, 0) is 59.0 Å². The van der Waals surface area contributed by atoms with Crippen LogP contribution in [0.5, 0.6) is 0 Å². The fourth-order valence-electron chi connectivity index (χ4n) is 4.88. The number of aromatic amines is 1. The Morgan fingerprint density at radius 1 is 0.868 bits per heavy atom. The summed E-state index contributed by atoms with van der Waals surface area (Å²) in [5.41, 5.74) is 7.67. The van der Waals surface area contributed by atoms with Crippen LogP contribution in [0.4, 0.5) is 0 Å². The van der Waals surface area contributed by atoms with E-state index >= 15 is 0 Å². The Morgan fingerprint density at radius 2 is 1.58 bits per heavy atom. The van der Waals surface area contributed by atoms with Crippen LogP contribution in [-0.4, -0.2) is 25.2 Å². The molecule has 0 amide bonds. The Kier molecular flexibility index (Phi) is 7.85. The monoisotopic (exact) mass is 504 g/mol. The molecule has 2 N–H and O–H groups in total. The number of hydrogen-bond acceptors (Lipinski definition) is 5. The summed E-state index contributed by atoms with van der Waals surface area (Å²) in [6.45, 7) is 5.41. The molecule has 0 aliphatic carbocycles. The Labute approximate surface area is 222 Å². The second-order valence-electron chi connectivity index (χ2n) is 9.44. The van der Waals surface area contributed by atoms with Crippen LogP contribution < -0.4 is 10.9 Å². The third-order valence-electron chi connectivity index (χ3n) is 6.83. The van der Waals surface area contributed by atoms with E-state index in [9.17, 15) is 4.79 Å². The molecule has 0 aliphatic heterocycles. The van der Waals surface area contributed by atoms with Crippen molar-refractivity contribution in [2.75, 3.05) is 0 Å². The largest absolute Gasteiger partial charge is 0.308 e. The second kappa shape index (κ2) is 11.8. The van der Waals surface area contributed by atoms with Gasteiger partial charge in [-0.1, -0.05) is 86.1 Å². The minimum atomic E-state index is 0.0166. The first-order valence-electron chi connectivity index (χ1n) is 13.1. The molecule has 0 bridgehead atoms. The maximum Gasteiger partial charge on any atom is 0.260 e. The van der Waals surface area contributed by atoms with E-state index in [0.717, 1.165) is 58.5 Å². The van der Waals surface area contributed by atoms with E-state index in [0.29, 0.717) is 18.9 Å². The number of tetrazole rings is 1. The summed E-state index contributed by atoms with van der Waals surface area (Å²) < 4.78 is 1.91. The zero-order valence-electron chi connectivity index (χ0n) is 21.8. The summed E-state index contributed by atoms with van der Waals surface area (Å²) in [5, 5.41) is 18.0. The van der Waals surface area contributed by atoms with Crippen molar-refractivity contribution in [3.8, 4) is 28.2 Å². The van der Waals surface area contributed by atoms with Gasteiger partial charge in [0.2, 0.25) is 0 Å². The Morgan fingerprint density at radius 3 is 2.32 bits per heavy atom. The molecule has 0 unspecified atom stereocenters. The molecule has 0 saturated heterocycles. The normalized spacial score (nSPS) is 11.1. The molecule has 0 radical (unpaired) electrons. The average molecular weight is 505 g/mol. The molecular formula is C31H32N6O. The quantitative estimate of drug-likeness (QED) is 0.258. The first kappa shape index (κ1) is 25.3. The Hall–Kier alpha value is -4.36. The molecule has 192 valence electrons. The van der Waals surface area contributed by atoms with Gasteiger partial charge in [-0.2, -0.15) is 0 Å². The highest BCUT2D eigenvalue weighted by Gasteiger charge is 2.19. The topological polar surface area (TPSA) is 88.5 Å². The molecule has 3 aromatic carbocycles. The third kappa shape index (κ3) is 5.33. The van der Waals surface area contributed by atoms with Crippen LogP contribution in [0.15, 0.2) is 89.7 Å². The Bertz CT molecular complexity index is 1560. The summed E-state index contributed by atoms with van der Waals surface area (Å²) in [6, 6.07) is 28.5. The van der Waals surface area contributed by atoms with Gasteiger partial charge in [-0.25, -0.2) is 5.10 Å². The zero-order chi connectivity index (χ0) is 26.3. The van der Waals surface area contributed by atoms with Gasteiger partial charge >= 0.3 is 0 Å². The number of nitrogens with zero attached hydrogens (tertiary/aromatic N) is 4. The molecule has 0 saturated carbocycles. The maximum absolute atomic E-state index is 14.2. The van der Waals surface area contributed by atoms with Crippen LogP contribution in [0.1, 0.15) is 42.1 Å². The van der Waals surface area contributed by atoms with E-state index in [1.165, 1.54) is 5.56 Å². The number of benzene rings is 3. The predicted molar refractivity (Wildman–Crippen MR) is 151 cm³/mol. The van der Waals surface area contributed by atoms with Gasteiger partial charge in [0, 0.05) is 35.5 Å². The van der Waals surface area contributed by atoms with Gasteiger partial charge in [0.05, 0.1) is 5.69 Å². The lowest BCUT2D eigenvalue weighted by atomic mass is 9.96. The molecule has 0 aliphatic rings. The number of pyridine rings is 1. The average Bonchev–Trinajstić information content (AvgIpc) is 3.49. The number of unbranched alkanes of at least 4 members (excludes halogenated alkanes) is 1. The highest BCUT2D eigenvalue weighted by Crippen LogP contribution is 2.34. The maximum atomic E-state index is 14.2. The lowest BCUT2D eigenvalue weighted by molar-refractivity contribution is 0.672. The molecular weight excluding hydrogens is 472 g/mol. The van der Waals surface area contributed by atoms with Gasteiger partial charge in [-0.15, -0.1) is 5.10 Å². The highest BCUT2D eigenvalue weighted by atomic mass is 16.1. The summed E-state index contributed by atoms with van der Waals surface area (Å²) in [5.74, 6) is 0.587.